The number of alkyl halides is 3. The van der Waals surface area contributed by atoms with Crippen LogP contribution in [0.4, 0.5) is 18.9 Å². The number of carbonyl (C=O) groups is 1. The molecule has 3 nitrogen and oxygen atoms in total. The highest BCUT2D eigenvalue weighted by Gasteiger charge is 2.30. The Morgan fingerprint density at radius 3 is 2.32 bits per heavy atom. The second-order valence-electron chi connectivity index (χ2n) is 4.67. The summed E-state index contributed by atoms with van der Waals surface area (Å²) in [5.41, 5.74) is 0.873. The van der Waals surface area contributed by atoms with Gasteiger partial charge < -0.3 is 5.32 Å². The van der Waals surface area contributed by atoms with Gasteiger partial charge in [0.2, 0.25) is 0 Å². The maximum Gasteiger partial charge on any atom is 0.416 e. The summed E-state index contributed by atoms with van der Waals surface area (Å²) < 4.78 is 37.4. The highest BCUT2D eigenvalue weighted by atomic mass is 19.4. The van der Waals surface area contributed by atoms with E-state index in [2.05, 4.69) is 5.32 Å². The van der Waals surface area contributed by atoms with Crippen LogP contribution in [0.15, 0.2) is 42.5 Å². The van der Waals surface area contributed by atoms with Crippen molar-refractivity contribution in [1.82, 2.24) is 0 Å². The van der Waals surface area contributed by atoms with E-state index in [1.54, 1.807) is 19.1 Å². The average Bonchev–Trinajstić information content (AvgIpc) is 2.48. The van der Waals surface area contributed by atoms with Crippen LogP contribution < -0.4 is 5.32 Å². The molecule has 0 spiro atoms. The molecule has 0 aliphatic rings. The Morgan fingerprint density at radius 1 is 1.14 bits per heavy atom. The van der Waals surface area contributed by atoms with Crippen molar-refractivity contribution in [3.63, 3.8) is 0 Å². The van der Waals surface area contributed by atoms with Gasteiger partial charge in [-0.1, -0.05) is 6.07 Å². The van der Waals surface area contributed by atoms with Gasteiger partial charge in [-0.25, -0.2) is 0 Å². The van der Waals surface area contributed by atoms with Gasteiger partial charge in [0.05, 0.1) is 17.2 Å². The van der Waals surface area contributed by atoms with Crippen molar-refractivity contribution in [2.75, 3.05) is 5.32 Å². The lowest BCUT2D eigenvalue weighted by atomic mass is 10.1. The molecule has 2 rings (SSSR count). The Hall–Kier alpha value is -2.81. The second-order valence-corrected chi connectivity index (χ2v) is 4.67. The number of aryl methyl sites for hydroxylation is 1. The molecule has 0 saturated carbocycles. The molecule has 0 heterocycles. The maximum atomic E-state index is 12.5. The Labute approximate surface area is 125 Å². The molecule has 1 amide bonds. The van der Waals surface area contributed by atoms with E-state index < -0.39 is 17.6 Å². The van der Waals surface area contributed by atoms with Crippen LogP contribution in [0.1, 0.15) is 27.0 Å². The van der Waals surface area contributed by atoms with E-state index in [4.69, 9.17) is 5.26 Å². The summed E-state index contributed by atoms with van der Waals surface area (Å²) in [6, 6.07) is 10.7. The summed E-state index contributed by atoms with van der Waals surface area (Å²) in [6.45, 7) is 1.75. The molecule has 1 N–H and O–H groups in total. The second kappa shape index (κ2) is 5.90. The van der Waals surface area contributed by atoms with Crippen LogP contribution in [-0.2, 0) is 6.18 Å². The average molecular weight is 304 g/mol. The normalized spacial score (nSPS) is 10.9. The molecule has 0 saturated heterocycles. The predicted octanol–water partition coefficient (Wildman–Crippen LogP) is 4.14. The Morgan fingerprint density at radius 2 is 1.77 bits per heavy atom. The van der Waals surface area contributed by atoms with Gasteiger partial charge in [0.1, 0.15) is 0 Å². The molecule has 22 heavy (non-hydrogen) atoms. The van der Waals surface area contributed by atoms with E-state index in [-0.39, 0.29) is 5.56 Å². The van der Waals surface area contributed by atoms with Crippen LogP contribution in [0.5, 0.6) is 0 Å². The SMILES string of the molecule is Cc1ccc(C#N)cc1NC(=O)c1ccc(C(F)(F)F)cc1. The van der Waals surface area contributed by atoms with Crippen molar-refractivity contribution in [1.29, 1.82) is 5.26 Å². The molecule has 0 bridgehead atoms. The summed E-state index contributed by atoms with van der Waals surface area (Å²) in [6.07, 6.45) is -4.44. The van der Waals surface area contributed by atoms with Crippen molar-refractivity contribution in [2.45, 2.75) is 13.1 Å². The molecule has 0 fully saturated rings. The molecule has 0 unspecified atom stereocenters. The van der Waals surface area contributed by atoms with Crippen LogP contribution in [-0.4, -0.2) is 5.91 Å². The van der Waals surface area contributed by atoms with Crippen LogP contribution in [0, 0.1) is 18.3 Å². The van der Waals surface area contributed by atoms with Crippen LogP contribution in [0.25, 0.3) is 0 Å². The first-order valence-corrected chi connectivity index (χ1v) is 6.30. The molecule has 0 aromatic heterocycles. The van der Waals surface area contributed by atoms with Crippen LogP contribution in [0.3, 0.4) is 0 Å². The number of anilines is 1. The number of benzene rings is 2. The van der Waals surface area contributed by atoms with E-state index >= 15 is 0 Å². The molecule has 2 aromatic rings. The van der Waals surface area contributed by atoms with Gasteiger partial charge in [-0.05, 0) is 48.9 Å². The molecule has 0 aliphatic heterocycles. The van der Waals surface area contributed by atoms with E-state index in [9.17, 15) is 18.0 Å². The number of amides is 1. The van der Waals surface area contributed by atoms with Gasteiger partial charge in [-0.3, -0.25) is 4.79 Å². The van der Waals surface area contributed by atoms with Crippen molar-refractivity contribution in [3.8, 4) is 6.07 Å². The number of halogens is 3. The highest BCUT2D eigenvalue weighted by molar-refractivity contribution is 6.04. The zero-order valence-corrected chi connectivity index (χ0v) is 11.5. The number of hydrogen-bond acceptors (Lipinski definition) is 2. The predicted molar refractivity (Wildman–Crippen MR) is 75.3 cm³/mol. The highest BCUT2D eigenvalue weighted by Crippen LogP contribution is 2.29. The molecule has 0 atom stereocenters. The van der Waals surface area contributed by atoms with Crippen LogP contribution in [0.2, 0.25) is 0 Å². The minimum Gasteiger partial charge on any atom is -0.322 e. The van der Waals surface area contributed by atoms with Crippen molar-refractivity contribution >= 4 is 11.6 Å². The minimum absolute atomic E-state index is 0.106. The lowest BCUT2D eigenvalue weighted by molar-refractivity contribution is -0.137. The lowest BCUT2D eigenvalue weighted by Gasteiger charge is -2.10. The van der Waals surface area contributed by atoms with Gasteiger partial charge in [0, 0.05) is 11.3 Å². The summed E-state index contributed by atoms with van der Waals surface area (Å²) >= 11 is 0. The lowest BCUT2D eigenvalue weighted by Crippen LogP contribution is -2.13. The minimum atomic E-state index is -4.44. The molecule has 0 aliphatic carbocycles. The number of nitrogens with zero attached hydrogens (tertiary/aromatic N) is 1. The Kier molecular flexibility index (Phi) is 4.18. The molecule has 6 heteroatoms. The van der Waals surface area contributed by atoms with Crippen LogP contribution >= 0.6 is 0 Å². The van der Waals surface area contributed by atoms with E-state index in [1.165, 1.54) is 6.07 Å². The summed E-state index contributed by atoms with van der Waals surface area (Å²) in [4.78, 5) is 12.1. The van der Waals surface area contributed by atoms with Gasteiger partial charge in [-0.2, -0.15) is 18.4 Å². The van der Waals surface area contributed by atoms with E-state index in [0.29, 0.717) is 11.3 Å². The van der Waals surface area contributed by atoms with Gasteiger partial charge in [0.15, 0.2) is 0 Å². The largest absolute Gasteiger partial charge is 0.416 e. The van der Waals surface area contributed by atoms with Crippen molar-refractivity contribution in [3.05, 3.63) is 64.7 Å². The maximum absolute atomic E-state index is 12.5. The molecule has 0 radical (unpaired) electrons. The van der Waals surface area contributed by atoms with E-state index in [0.717, 1.165) is 29.8 Å². The summed E-state index contributed by atoms with van der Waals surface area (Å²) in [5, 5.41) is 11.4. The number of nitrogens with one attached hydrogen (secondary N) is 1. The summed E-state index contributed by atoms with van der Waals surface area (Å²) in [7, 11) is 0. The third kappa shape index (κ3) is 3.44. The molecule has 112 valence electrons. The summed E-state index contributed by atoms with van der Waals surface area (Å²) in [5.74, 6) is -0.535. The first kappa shape index (κ1) is 15.6. The number of hydrogen-bond donors (Lipinski definition) is 1. The fourth-order valence-corrected chi connectivity index (χ4v) is 1.83. The third-order valence-electron chi connectivity index (χ3n) is 3.09. The number of carbonyl (C=O) groups excluding carboxylic acids is 1. The molecule has 2 aromatic carbocycles. The first-order chi connectivity index (χ1) is 10.3. The third-order valence-corrected chi connectivity index (χ3v) is 3.09. The van der Waals surface area contributed by atoms with Gasteiger partial charge >= 0.3 is 6.18 Å². The zero-order valence-electron chi connectivity index (χ0n) is 11.5. The van der Waals surface area contributed by atoms with Crippen molar-refractivity contribution < 1.29 is 18.0 Å². The standard InChI is InChI=1S/C16H11F3N2O/c1-10-2-3-11(9-20)8-14(10)21-15(22)12-4-6-13(7-5-12)16(17,18)19/h2-8H,1H3,(H,21,22). The molecular formula is C16H11F3N2O. The zero-order chi connectivity index (χ0) is 16.3. The fourth-order valence-electron chi connectivity index (χ4n) is 1.83. The van der Waals surface area contributed by atoms with Gasteiger partial charge in [-0.15, -0.1) is 0 Å². The first-order valence-electron chi connectivity index (χ1n) is 6.30. The fraction of sp³-hybridized carbons (Fsp3) is 0.125. The molecular weight excluding hydrogens is 293 g/mol. The topological polar surface area (TPSA) is 52.9 Å². The Balaban J connectivity index is 2.21. The quantitative estimate of drug-likeness (QED) is 0.906. The number of rotatable bonds is 2. The monoisotopic (exact) mass is 304 g/mol. The van der Waals surface area contributed by atoms with Gasteiger partial charge in [0.25, 0.3) is 5.91 Å². The van der Waals surface area contributed by atoms with Crippen molar-refractivity contribution in [2.24, 2.45) is 0 Å². The smallest absolute Gasteiger partial charge is 0.322 e. The number of nitriles is 1. The Bertz CT molecular complexity index is 743. The van der Waals surface area contributed by atoms with E-state index in [1.807, 2.05) is 6.07 Å².